The Kier molecular flexibility index (Phi) is 6.67. The highest BCUT2D eigenvalue weighted by molar-refractivity contribution is 6.35. The molecule has 0 amide bonds. The molecular weight excluding hydrogens is 367 g/mol. The van der Waals surface area contributed by atoms with Crippen molar-refractivity contribution in [1.29, 1.82) is 0 Å². The normalized spacial score (nSPS) is 10.4. The van der Waals surface area contributed by atoms with Gasteiger partial charge in [-0.2, -0.15) is 0 Å². The molecule has 2 aromatic rings. The fourth-order valence-corrected chi connectivity index (χ4v) is 2.64. The van der Waals surface area contributed by atoms with Crippen LogP contribution in [0.25, 0.3) is 0 Å². The highest BCUT2D eigenvalue weighted by Crippen LogP contribution is 2.23. The Bertz CT molecular complexity index is 789. The third-order valence-electron chi connectivity index (χ3n) is 3.32. The summed E-state index contributed by atoms with van der Waals surface area (Å²) in [5, 5.41) is 10.2. The van der Waals surface area contributed by atoms with Crippen LogP contribution < -0.4 is 4.74 Å². The van der Waals surface area contributed by atoms with Gasteiger partial charge in [0.2, 0.25) is 0 Å². The number of carboxylic acid groups (broad SMARTS) is 1. The van der Waals surface area contributed by atoms with Crippen molar-refractivity contribution in [2.45, 2.75) is 13.3 Å². The molecule has 2 rings (SSSR count). The first-order chi connectivity index (χ1) is 11.9. The van der Waals surface area contributed by atoms with Crippen LogP contribution in [-0.4, -0.2) is 30.3 Å². The zero-order valence-corrected chi connectivity index (χ0v) is 14.9. The summed E-state index contributed by atoms with van der Waals surface area (Å²) < 4.78 is 10.5. The highest BCUT2D eigenvalue weighted by atomic mass is 35.5. The number of ether oxygens (including phenoxy) is 2. The van der Waals surface area contributed by atoms with Gasteiger partial charge in [0.25, 0.3) is 0 Å². The van der Waals surface area contributed by atoms with Gasteiger partial charge in [0.15, 0.2) is 0 Å². The van der Waals surface area contributed by atoms with Crippen molar-refractivity contribution in [3.8, 4) is 5.75 Å². The van der Waals surface area contributed by atoms with Crippen LogP contribution in [0.4, 0.5) is 0 Å². The summed E-state index contributed by atoms with van der Waals surface area (Å²) in [6, 6.07) is 9.23. The molecule has 0 unspecified atom stereocenters. The van der Waals surface area contributed by atoms with E-state index in [0.717, 1.165) is 5.56 Å². The van der Waals surface area contributed by atoms with Gasteiger partial charge >= 0.3 is 11.9 Å². The molecule has 0 aliphatic carbocycles. The van der Waals surface area contributed by atoms with Gasteiger partial charge < -0.3 is 14.6 Å². The molecule has 0 aliphatic heterocycles. The van der Waals surface area contributed by atoms with E-state index in [1.165, 1.54) is 18.2 Å². The van der Waals surface area contributed by atoms with Gasteiger partial charge in [-0.15, -0.1) is 0 Å². The van der Waals surface area contributed by atoms with E-state index >= 15 is 0 Å². The third kappa shape index (κ3) is 5.37. The van der Waals surface area contributed by atoms with Crippen LogP contribution in [-0.2, 0) is 11.2 Å². The number of halogens is 2. The second kappa shape index (κ2) is 8.74. The van der Waals surface area contributed by atoms with Crippen molar-refractivity contribution < 1.29 is 24.2 Å². The Labute approximate surface area is 155 Å². The van der Waals surface area contributed by atoms with Crippen molar-refractivity contribution in [2.24, 2.45) is 0 Å². The van der Waals surface area contributed by atoms with E-state index in [0.29, 0.717) is 16.5 Å². The average molecular weight is 383 g/mol. The van der Waals surface area contributed by atoms with Gasteiger partial charge in [-0.3, -0.25) is 0 Å². The molecule has 0 bridgehead atoms. The zero-order valence-electron chi connectivity index (χ0n) is 13.4. The molecule has 5 nitrogen and oxygen atoms in total. The molecule has 0 heterocycles. The number of esters is 1. The Hall–Kier alpha value is -2.24. The van der Waals surface area contributed by atoms with Crippen molar-refractivity contribution in [1.82, 2.24) is 0 Å². The maximum Gasteiger partial charge on any atom is 0.338 e. The van der Waals surface area contributed by atoms with E-state index in [9.17, 15) is 14.7 Å². The quantitative estimate of drug-likeness (QED) is 0.714. The van der Waals surface area contributed by atoms with Crippen molar-refractivity contribution >= 4 is 35.1 Å². The molecule has 0 radical (unpaired) electrons. The smallest absolute Gasteiger partial charge is 0.338 e. The Morgan fingerprint density at radius 3 is 2.44 bits per heavy atom. The number of carbonyl (C=O) groups is 2. The van der Waals surface area contributed by atoms with Gasteiger partial charge in [0.1, 0.15) is 5.75 Å². The minimum Gasteiger partial charge on any atom is -0.493 e. The predicted molar refractivity (Wildman–Crippen MR) is 95.0 cm³/mol. The zero-order chi connectivity index (χ0) is 18.4. The van der Waals surface area contributed by atoms with Crippen LogP contribution in [0.3, 0.4) is 0 Å². The molecular formula is C18H16Cl2O5. The molecule has 0 saturated heterocycles. The molecule has 0 saturated carbocycles. The first-order valence-electron chi connectivity index (χ1n) is 7.53. The van der Waals surface area contributed by atoms with E-state index in [1.807, 2.05) is 0 Å². The summed E-state index contributed by atoms with van der Waals surface area (Å²) in [6.45, 7) is 2.13. The highest BCUT2D eigenvalue weighted by Gasteiger charge is 2.14. The average Bonchev–Trinajstić information content (AvgIpc) is 2.56. The summed E-state index contributed by atoms with van der Waals surface area (Å²) in [5.41, 5.74) is 0.928. The summed E-state index contributed by atoms with van der Waals surface area (Å²) in [4.78, 5) is 23.1. The number of hydrogen-bond donors (Lipinski definition) is 1. The number of carbonyl (C=O) groups excluding carboxylic acids is 1. The molecule has 0 aromatic heterocycles. The van der Waals surface area contributed by atoms with E-state index in [1.54, 1.807) is 25.1 Å². The summed E-state index contributed by atoms with van der Waals surface area (Å²) in [6.07, 6.45) is 0.502. The van der Waals surface area contributed by atoms with E-state index < -0.39 is 11.9 Å². The first-order valence-corrected chi connectivity index (χ1v) is 8.28. The summed E-state index contributed by atoms with van der Waals surface area (Å²) in [5.74, 6) is -1.49. The van der Waals surface area contributed by atoms with E-state index in [4.69, 9.17) is 32.7 Å². The Balaban J connectivity index is 2.12. The minimum absolute atomic E-state index is 0.0509. The lowest BCUT2D eigenvalue weighted by Crippen LogP contribution is -2.09. The van der Waals surface area contributed by atoms with Crippen molar-refractivity contribution in [3.63, 3.8) is 0 Å². The molecule has 7 heteroatoms. The van der Waals surface area contributed by atoms with E-state index in [-0.39, 0.29) is 30.1 Å². The molecule has 2 aromatic carbocycles. The van der Waals surface area contributed by atoms with Gasteiger partial charge in [0, 0.05) is 16.5 Å². The largest absolute Gasteiger partial charge is 0.493 e. The fraction of sp³-hybridized carbons (Fsp3) is 0.222. The first kappa shape index (κ1) is 19.1. The number of benzene rings is 2. The van der Waals surface area contributed by atoms with Crippen molar-refractivity contribution in [3.05, 3.63) is 63.1 Å². The monoisotopic (exact) mass is 382 g/mol. The fourth-order valence-electron chi connectivity index (χ4n) is 2.14. The minimum atomic E-state index is -1.16. The van der Waals surface area contributed by atoms with Crippen LogP contribution >= 0.6 is 23.2 Å². The maximum atomic E-state index is 11.8. The SMILES string of the molecule is CCOC(=O)c1cc(OCCc2ccc(Cl)cc2Cl)cc(C(=O)O)c1. The van der Waals surface area contributed by atoms with Gasteiger partial charge in [-0.1, -0.05) is 29.3 Å². The van der Waals surface area contributed by atoms with Crippen LogP contribution in [0, 0.1) is 0 Å². The lowest BCUT2D eigenvalue weighted by Gasteiger charge is -2.10. The summed E-state index contributed by atoms with van der Waals surface area (Å²) in [7, 11) is 0. The lowest BCUT2D eigenvalue weighted by molar-refractivity contribution is 0.0526. The number of rotatable bonds is 7. The molecule has 0 aliphatic rings. The van der Waals surface area contributed by atoms with Crippen LogP contribution in [0.5, 0.6) is 5.75 Å². The van der Waals surface area contributed by atoms with Crippen LogP contribution in [0.1, 0.15) is 33.2 Å². The molecule has 25 heavy (non-hydrogen) atoms. The molecule has 0 spiro atoms. The molecule has 1 N–H and O–H groups in total. The number of hydrogen-bond acceptors (Lipinski definition) is 4. The van der Waals surface area contributed by atoms with Crippen LogP contribution in [0.15, 0.2) is 36.4 Å². The molecule has 0 fully saturated rings. The topological polar surface area (TPSA) is 72.8 Å². The van der Waals surface area contributed by atoms with E-state index in [2.05, 4.69) is 0 Å². The van der Waals surface area contributed by atoms with Crippen LogP contribution in [0.2, 0.25) is 10.0 Å². The number of aromatic carboxylic acids is 1. The van der Waals surface area contributed by atoms with Gasteiger partial charge in [-0.25, -0.2) is 9.59 Å². The Morgan fingerprint density at radius 2 is 1.80 bits per heavy atom. The summed E-state index contributed by atoms with van der Waals surface area (Å²) >= 11 is 12.0. The maximum absolute atomic E-state index is 11.8. The van der Waals surface area contributed by atoms with Gasteiger partial charge in [0.05, 0.1) is 24.3 Å². The second-order valence-electron chi connectivity index (χ2n) is 5.11. The third-order valence-corrected chi connectivity index (χ3v) is 3.91. The predicted octanol–water partition coefficient (Wildman–Crippen LogP) is 4.49. The molecule has 0 atom stereocenters. The number of carboxylic acids is 1. The standard InChI is InChI=1S/C18H16Cl2O5/c1-2-24-18(23)13-7-12(17(21)22)8-15(9-13)25-6-5-11-3-4-14(19)10-16(11)20/h3-4,7-10H,2,5-6H2,1H3,(H,21,22). The lowest BCUT2D eigenvalue weighted by atomic mass is 10.1. The molecule has 132 valence electrons. The Morgan fingerprint density at radius 1 is 1.08 bits per heavy atom. The van der Waals surface area contributed by atoms with Crippen molar-refractivity contribution in [2.75, 3.05) is 13.2 Å². The van der Waals surface area contributed by atoms with Gasteiger partial charge in [-0.05, 0) is 42.8 Å². The second-order valence-corrected chi connectivity index (χ2v) is 5.95.